The molecule has 0 aromatic heterocycles. The highest BCUT2D eigenvalue weighted by Crippen LogP contribution is 2.24. The molecule has 0 unspecified atom stereocenters. The fourth-order valence-corrected chi connectivity index (χ4v) is 3.42. The average Bonchev–Trinajstić information content (AvgIpc) is 2.13. The largest absolute Gasteiger partial charge is 0.130 e. The Morgan fingerprint density at radius 2 is 1.93 bits per heavy atom. The molecule has 1 aromatic carbocycles. The van der Waals surface area contributed by atoms with Gasteiger partial charge in [-0.25, -0.2) is 0 Å². The van der Waals surface area contributed by atoms with Gasteiger partial charge in [0.2, 0.25) is 0 Å². The zero-order chi connectivity index (χ0) is 10.8. The van der Waals surface area contributed by atoms with E-state index in [0.29, 0.717) is 0 Å². The summed E-state index contributed by atoms with van der Waals surface area (Å²) in [7, 11) is -1.29. The second kappa shape index (κ2) is 4.69. The van der Waals surface area contributed by atoms with Gasteiger partial charge in [-0.05, 0) is 24.1 Å². The van der Waals surface area contributed by atoms with E-state index in [1.807, 2.05) is 13.0 Å². The summed E-state index contributed by atoms with van der Waals surface area (Å²) in [4.78, 5) is 0. The predicted molar refractivity (Wildman–Crippen MR) is 68.1 cm³/mol. The number of hydrogen-bond acceptors (Lipinski definition) is 0. The zero-order valence-electron chi connectivity index (χ0n) is 8.90. The normalized spacial score (nSPS) is 11.8. The van der Waals surface area contributed by atoms with Crippen molar-refractivity contribution in [2.24, 2.45) is 0 Å². The first-order chi connectivity index (χ1) is 6.46. The van der Waals surface area contributed by atoms with Crippen LogP contribution in [-0.4, -0.2) is 13.6 Å². The van der Waals surface area contributed by atoms with Crippen LogP contribution in [0.2, 0.25) is 18.1 Å². The van der Waals surface area contributed by atoms with Crippen molar-refractivity contribution in [3.05, 3.63) is 34.3 Å². The molecule has 0 N–H and O–H groups in total. The summed E-state index contributed by atoms with van der Waals surface area (Å²) in [5.41, 5.74) is 3.20. The Hall–Kier alpha value is 0.0169. The third-order valence-electron chi connectivity index (χ3n) is 2.30. The van der Waals surface area contributed by atoms with E-state index in [4.69, 9.17) is 23.2 Å². The first kappa shape index (κ1) is 12.1. The van der Waals surface area contributed by atoms with Crippen LogP contribution in [0.25, 0.3) is 0 Å². The highest BCUT2D eigenvalue weighted by molar-refractivity contribution is 6.82. The Morgan fingerprint density at radius 1 is 1.29 bits per heavy atom. The fourth-order valence-electron chi connectivity index (χ4n) is 1.41. The monoisotopic (exact) mass is 246 g/mol. The van der Waals surface area contributed by atoms with Crippen molar-refractivity contribution in [3.63, 3.8) is 0 Å². The minimum absolute atomic E-state index is 0.789. The van der Waals surface area contributed by atoms with E-state index in [9.17, 15) is 0 Å². The summed E-state index contributed by atoms with van der Waals surface area (Å²) >= 11 is 12.2. The highest BCUT2D eigenvalue weighted by atomic mass is 35.5. The van der Waals surface area contributed by atoms with Crippen molar-refractivity contribution >= 4 is 31.3 Å². The van der Waals surface area contributed by atoms with E-state index < -0.39 is 8.07 Å². The van der Waals surface area contributed by atoms with E-state index in [1.165, 1.54) is 5.56 Å². The second-order valence-electron chi connectivity index (χ2n) is 4.52. The van der Waals surface area contributed by atoms with Gasteiger partial charge in [-0.3, -0.25) is 0 Å². The smallest absolute Gasteiger partial charge is 0.0683 e. The third-order valence-corrected chi connectivity index (χ3v) is 7.08. The quantitative estimate of drug-likeness (QED) is 0.554. The molecule has 0 aliphatic rings. The third kappa shape index (κ3) is 3.01. The number of hydrogen-bond donors (Lipinski definition) is 0. The summed E-state index contributed by atoms with van der Waals surface area (Å²) in [6.07, 6.45) is 0. The van der Waals surface area contributed by atoms with Crippen LogP contribution in [0.15, 0.2) is 18.2 Å². The van der Waals surface area contributed by atoms with Crippen molar-refractivity contribution < 1.29 is 0 Å². The molecule has 0 aliphatic carbocycles. The average molecular weight is 247 g/mol. The Kier molecular flexibility index (Phi) is 4.05. The molecule has 14 heavy (non-hydrogen) atoms. The number of benzene rings is 1. The van der Waals surface area contributed by atoms with E-state index in [-0.39, 0.29) is 0 Å². The number of halogens is 2. The molecule has 3 heteroatoms. The highest BCUT2D eigenvalue weighted by Gasteiger charge is 2.21. The molecule has 0 radical (unpaired) electrons. The van der Waals surface area contributed by atoms with Gasteiger partial charge >= 0.3 is 0 Å². The van der Waals surface area contributed by atoms with Crippen LogP contribution in [0.1, 0.15) is 11.1 Å². The van der Waals surface area contributed by atoms with Crippen LogP contribution < -0.4 is 0 Å². The molecule has 0 saturated heterocycles. The van der Waals surface area contributed by atoms with E-state index in [2.05, 4.69) is 25.2 Å². The molecule has 0 spiro atoms. The van der Waals surface area contributed by atoms with Crippen LogP contribution in [0.5, 0.6) is 0 Å². The second-order valence-corrected chi connectivity index (χ2v) is 10.7. The molecule has 0 bridgehead atoms. The predicted octanol–water partition coefficient (Wildman–Crippen LogP) is 4.22. The molecule has 0 atom stereocenters. The molecular formula is C11H16Cl2Si. The van der Waals surface area contributed by atoms with Crippen molar-refractivity contribution in [3.8, 4) is 0 Å². The van der Waals surface area contributed by atoms with Crippen molar-refractivity contribution in [2.45, 2.75) is 26.1 Å². The summed E-state index contributed by atoms with van der Waals surface area (Å²) in [5.74, 6) is 0. The van der Waals surface area contributed by atoms with E-state index in [0.717, 1.165) is 22.1 Å². The van der Waals surface area contributed by atoms with Crippen LogP contribution >= 0.6 is 23.2 Å². The zero-order valence-corrected chi connectivity index (χ0v) is 11.4. The first-order valence-electron chi connectivity index (χ1n) is 4.76. The van der Waals surface area contributed by atoms with E-state index in [1.54, 1.807) is 0 Å². The van der Waals surface area contributed by atoms with Crippen molar-refractivity contribution in [1.29, 1.82) is 0 Å². The Labute approximate surface area is 97.2 Å². The van der Waals surface area contributed by atoms with Gasteiger partial charge in [0.05, 0.1) is 8.07 Å². The van der Waals surface area contributed by atoms with Crippen LogP contribution in [0, 0.1) is 6.92 Å². The maximum absolute atomic E-state index is 6.24. The SMILES string of the molecule is Cc1cccc(C[Si](C)(C)CCl)c1Cl. The molecule has 0 amide bonds. The first-order valence-corrected chi connectivity index (χ1v) is 9.09. The lowest BCUT2D eigenvalue weighted by Crippen LogP contribution is -2.32. The van der Waals surface area contributed by atoms with Crippen LogP contribution in [0.4, 0.5) is 0 Å². The van der Waals surface area contributed by atoms with Crippen LogP contribution in [-0.2, 0) is 6.04 Å². The molecule has 0 aliphatic heterocycles. The Morgan fingerprint density at radius 3 is 2.50 bits per heavy atom. The van der Waals surface area contributed by atoms with Crippen LogP contribution in [0.3, 0.4) is 0 Å². The summed E-state index contributed by atoms with van der Waals surface area (Å²) in [5, 5.41) is 0.915. The number of aryl methyl sites for hydroxylation is 1. The maximum atomic E-state index is 6.24. The summed E-state index contributed by atoms with van der Waals surface area (Å²) < 4.78 is 0. The van der Waals surface area contributed by atoms with Gasteiger partial charge in [-0.1, -0.05) is 42.9 Å². The Balaban J connectivity index is 2.92. The van der Waals surface area contributed by atoms with Gasteiger partial charge in [0.25, 0.3) is 0 Å². The summed E-state index contributed by atoms with van der Waals surface area (Å²) in [6.45, 7) is 6.62. The van der Waals surface area contributed by atoms with Gasteiger partial charge in [0.15, 0.2) is 0 Å². The molecule has 1 rings (SSSR count). The van der Waals surface area contributed by atoms with E-state index >= 15 is 0 Å². The number of alkyl halides is 1. The molecule has 0 nitrogen and oxygen atoms in total. The molecule has 0 saturated carbocycles. The molecule has 1 aromatic rings. The fraction of sp³-hybridized carbons (Fsp3) is 0.455. The number of rotatable bonds is 3. The Bertz CT molecular complexity index is 321. The van der Waals surface area contributed by atoms with Crippen molar-refractivity contribution in [2.75, 3.05) is 5.50 Å². The molecule has 0 heterocycles. The standard InChI is InChI=1S/C11H16Cl2Si/c1-9-5-4-6-10(11(9)13)7-14(2,3)8-12/h4-6H,7-8H2,1-3H3. The molecule has 78 valence electrons. The maximum Gasteiger partial charge on any atom is 0.0683 e. The van der Waals surface area contributed by atoms with Crippen molar-refractivity contribution in [1.82, 2.24) is 0 Å². The minimum atomic E-state index is -1.29. The lowest BCUT2D eigenvalue weighted by Gasteiger charge is -2.20. The minimum Gasteiger partial charge on any atom is -0.130 e. The van der Waals surface area contributed by atoms with Gasteiger partial charge in [-0.2, -0.15) is 0 Å². The topological polar surface area (TPSA) is 0 Å². The van der Waals surface area contributed by atoms with Gasteiger partial charge in [0.1, 0.15) is 0 Å². The molecular weight excluding hydrogens is 231 g/mol. The summed E-state index contributed by atoms with van der Waals surface area (Å²) in [6, 6.07) is 7.28. The molecule has 0 fully saturated rings. The van der Waals surface area contributed by atoms with Gasteiger partial charge in [0, 0.05) is 10.5 Å². The van der Waals surface area contributed by atoms with Gasteiger partial charge in [-0.15, -0.1) is 11.6 Å². The lowest BCUT2D eigenvalue weighted by atomic mass is 10.2. The van der Waals surface area contributed by atoms with Gasteiger partial charge < -0.3 is 0 Å². The lowest BCUT2D eigenvalue weighted by molar-refractivity contribution is 1.28.